The van der Waals surface area contributed by atoms with E-state index in [1.165, 1.54) is 0 Å². The number of nitrogen functional groups attached to an aromatic ring is 1. The molecule has 4 heteroatoms. The van der Waals surface area contributed by atoms with E-state index in [9.17, 15) is 4.79 Å². The van der Waals surface area contributed by atoms with Gasteiger partial charge in [-0.2, -0.15) is 0 Å². The van der Waals surface area contributed by atoms with E-state index in [-0.39, 0.29) is 5.91 Å². The van der Waals surface area contributed by atoms with Gasteiger partial charge in [-0.3, -0.25) is 4.79 Å². The van der Waals surface area contributed by atoms with E-state index in [0.29, 0.717) is 18.7 Å². The van der Waals surface area contributed by atoms with Gasteiger partial charge in [0.1, 0.15) is 0 Å². The number of ether oxygens (including phenoxy) is 1. The Balaban J connectivity index is 2.18. The van der Waals surface area contributed by atoms with Crippen LogP contribution in [0.15, 0.2) is 24.3 Å². The summed E-state index contributed by atoms with van der Waals surface area (Å²) in [6.07, 6.45) is 2.24. The number of hydrogen-bond donors (Lipinski definition) is 2. The fourth-order valence-corrected chi connectivity index (χ4v) is 1.37. The molecular weight excluding hydrogens is 216 g/mol. The molecule has 94 valence electrons. The van der Waals surface area contributed by atoms with Crippen molar-refractivity contribution in [1.82, 2.24) is 0 Å². The maximum atomic E-state index is 11.5. The number of amides is 1. The Morgan fingerprint density at radius 3 is 2.65 bits per heavy atom. The molecule has 0 spiro atoms. The molecule has 0 bridgehead atoms. The monoisotopic (exact) mass is 236 g/mol. The third-order valence-corrected chi connectivity index (χ3v) is 2.24. The number of rotatable bonds is 7. The van der Waals surface area contributed by atoms with Crippen LogP contribution in [0.5, 0.6) is 0 Å². The Hall–Kier alpha value is -1.55. The predicted molar refractivity (Wildman–Crippen MR) is 69.8 cm³/mol. The maximum absolute atomic E-state index is 11.5. The van der Waals surface area contributed by atoms with Gasteiger partial charge >= 0.3 is 0 Å². The summed E-state index contributed by atoms with van der Waals surface area (Å²) in [5, 5.41) is 2.81. The van der Waals surface area contributed by atoms with E-state index in [4.69, 9.17) is 10.5 Å². The van der Waals surface area contributed by atoms with Crippen LogP contribution in [0, 0.1) is 0 Å². The van der Waals surface area contributed by atoms with Gasteiger partial charge in [0.15, 0.2) is 0 Å². The largest absolute Gasteiger partial charge is 0.399 e. The molecule has 17 heavy (non-hydrogen) atoms. The standard InChI is InChI=1S/C13H20N2O2/c1-2-9-17-10-3-4-13(16)15-12-7-5-11(14)6-8-12/h5-8H,2-4,9-10,14H2,1H3,(H,15,16). The van der Waals surface area contributed by atoms with Crippen molar-refractivity contribution in [1.29, 1.82) is 0 Å². The Morgan fingerprint density at radius 2 is 2.00 bits per heavy atom. The summed E-state index contributed by atoms with van der Waals surface area (Å²) in [5.41, 5.74) is 7.02. The Kier molecular flexibility index (Phi) is 6.10. The highest BCUT2D eigenvalue weighted by Crippen LogP contribution is 2.10. The number of nitrogens with one attached hydrogen (secondary N) is 1. The first kappa shape index (κ1) is 13.5. The molecule has 1 amide bonds. The van der Waals surface area contributed by atoms with Crippen molar-refractivity contribution in [2.45, 2.75) is 26.2 Å². The molecular formula is C13H20N2O2. The lowest BCUT2D eigenvalue weighted by molar-refractivity contribution is -0.116. The van der Waals surface area contributed by atoms with Crippen molar-refractivity contribution >= 4 is 17.3 Å². The Bertz CT molecular complexity index is 336. The molecule has 0 radical (unpaired) electrons. The lowest BCUT2D eigenvalue weighted by Crippen LogP contribution is -2.12. The van der Waals surface area contributed by atoms with Crippen LogP contribution in [-0.4, -0.2) is 19.1 Å². The smallest absolute Gasteiger partial charge is 0.224 e. The molecule has 1 aromatic rings. The number of anilines is 2. The van der Waals surface area contributed by atoms with Crippen LogP contribution in [0.25, 0.3) is 0 Å². The second kappa shape index (κ2) is 7.68. The van der Waals surface area contributed by atoms with Gasteiger partial charge in [-0.15, -0.1) is 0 Å². The van der Waals surface area contributed by atoms with Crippen LogP contribution >= 0.6 is 0 Å². The summed E-state index contributed by atoms with van der Waals surface area (Å²) in [5.74, 6) is 0.00914. The van der Waals surface area contributed by atoms with Gasteiger partial charge in [-0.25, -0.2) is 0 Å². The fraction of sp³-hybridized carbons (Fsp3) is 0.462. The molecule has 0 aliphatic carbocycles. The highest BCUT2D eigenvalue weighted by molar-refractivity contribution is 5.90. The summed E-state index contributed by atoms with van der Waals surface area (Å²) < 4.78 is 5.30. The SMILES string of the molecule is CCCOCCCC(=O)Nc1ccc(N)cc1. The van der Waals surface area contributed by atoms with Crippen LogP contribution in [0.4, 0.5) is 11.4 Å². The molecule has 0 aliphatic heterocycles. The molecule has 0 unspecified atom stereocenters. The molecule has 0 fully saturated rings. The number of benzene rings is 1. The van der Waals surface area contributed by atoms with E-state index in [0.717, 1.165) is 25.1 Å². The van der Waals surface area contributed by atoms with Gasteiger partial charge in [0, 0.05) is 31.0 Å². The third kappa shape index (κ3) is 5.92. The molecule has 4 nitrogen and oxygen atoms in total. The molecule has 3 N–H and O–H groups in total. The normalized spacial score (nSPS) is 10.2. The fourth-order valence-electron chi connectivity index (χ4n) is 1.37. The van der Waals surface area contributed by atoms with Crippen molar-refractivity contribution in [3.8, 4) is 0 Å². The van der Waals surface area contributed by atoms with Gasteiger partial charge in [0.05, 0.1) is 0 Å². The van der Waals surface area contributed by atoms with Crippen LogP contribution in [0.3, 0.4) is 0 Å². The van der Waals surface area contributed by atoms with E-state index in [1.807, 2.05) is 0 Å². The lowest BCUT2D eigenvalue weighted by atomic mass is 10.2. The van der Waals surface area contributed by atoms with E-state index in [2.05, 4.69) is 12.2 Å². The second-order valence-electron chi connectivity index (χ2n) is 3.89. The minimum Gasteiger partial charge on any atom is -0.399 e. The first-order chi connectivity index (χ1) is 8.22. The van der Waals surface area contributed by atoms with E-state index in [1.54, 1.807) is 24.3 Å². The number of nitrogens with two attached hydrogens (primary N) is 1. The Morgan fingerprint density at radius 1 is 1.29 bits per heavy atom. The lowest BCUT2D eigenvalue weighted by Gasteiger charge is -2.05. The molecule has 0 atom stereocenters. The molecule has 0 heterocycles. The zero-order valence-corrected chi connectivity index (χ0v) is 10.2. The van der Waals surface area contributed by atoms with E-state index >= 15 is 0 Å². The zero-order valence-electron chi connectivity index (χ0n) is 10.2. The van der Waals surface area contributed by atoms with Gasteiger partial charge in [-0.1, -0.05) is 6.92 Å². The molecule has 0 saturated heterocycles. The minimum atomic E-state index is 0.00914. The van der Waals surface area contributed by atoms with Crippen LogP contribution < -0.4 is 11.1 Å². The van der Waals surface area contributed by atoms with Gasteiger partial charge in [0.2, 0.25) is 5.91 Å². The van der Waals surface area contributed by atoms with Crippen LogP contribution in [0.2, 0.25) is 0 Å². The van der Waals surface area contributed by atoms with Gasteiger partial charge < -0.3 is 15.8 Å². The summed E-state index contributed by atoms with van der Waals surface area (Å²) in [7, 11) is 0. The van der Waals surface area contributed by atoms with Crippen molar-refractivity contribution in [2.24, 2.45) is 0 Å². The summed E-state index contributed by atoms with van der Waals surface area (Å²) >= 11 is 0. The van der Waals surface area contributed by atoms with Crippen LogP contribution in [-0.2, 0) is 9.53 Å². The van der Waals surface area contributed by atoms with Gasteiger partial charge in [0.25, 0.3) is 0 Å². The van der Waals surface area contributed by atoms with E-state index < -0.39 is 0 Å². The highest BCUT2D eigenvalue weighted by Gasteiger charge is 2.01. The second-order valence-corrected chi connectivity index (χ2v) is 3.89. The molecule has 0 saturated carbocycles. The van der Waals surface area contributed by atoms with Crippen LogP contribution in [0.1, 0.15) is 26.2 Å². The number of hydrogen-bond acceptors (Lipinski definition) is 3. The summed E-state index contributed by atoms with van der Waals surface area (Å²) in [6.45, 7) is 3.47. The van der Waals surface area contributed by atoms with Crippen molar-refractivity contribution in [2.75, 3.05) is 24.3 Å². The average Bonchev–Trinajstić information content (AvgIpc) is 2.32. The number of carbonyl (C=O) groups excluding carboxylic acids is 1. The maximum Gasteiger partial charge on any atom is 0.224 e. The third-order valence-electron chi connectivity index (χ3n) is 2.24. The Labute approximate surface area is 102 Å². The quantitative estimate of drug-likeness (QED) is 0.564. The van der Waals surface area contributed by atoms with Crippen molar-refractivity contribution in [3.05, 3.63) is 24.3 Å². The van der Waals surface area contributed by atoms with Gasteiger partial charge in [-0.05, 0) is 37.1 Å². The molecule has 0 aromatic heterocycles. The first-order valence-corrected chi connectivity index (χ1v) is 5.95. The minimum absolute atomic E-state index is 0.00914. The highest BCUT2D eigenvalue weighted by atomic mass is 16.5. The number of carbonyl (C=O) groups is 1. The molecule has 1 rings (SSSR count). The van der Waals surface area contributed by atoms with Crippen molar-refractivity contribution in [3.63, 3.8) is 0 Å². The predicted octanol–water partition coefficient (Wildman–Crippen LogP) is 2.41. The topological polar surface area (TPSA) is 64.3 Å². The average molecular weight is 236 g/mol. The zero-order chi connectivity index (χ0) is 12.5. The molecule has 1 aromatic carbocycles. The summed E-state index contributed by atoms with van der Waals surface area (Å²) in [4.78, 5) is 11.5. The van der Waals surface area contributed by atoms with Crippen molar-refractivity contribution < 1.29 is 9.53 Å². The summed E-state index contributed by atoms with van der Waals surface area (Å²) in [6, 6.07) is 7.11. The molecule has 0 aliphatic rings. The first-order valence-electron chi connectivity index (χ1n) is 5.95.